The summed E-state index contributed by atoms with van der Waals surface area (Å²) in [5, 5.41) is 2.39. The third kappa shape index (κ3) is 1.81. The predicted octanol–water partition coefficient (Wildman–Crippen LogP) is 1.27. The van der Waals surface area contributed by atoms with E-state index in [1.807, 2.05) is 25.3 Å². The second-order valence-electron chi connectivity index (χ2n) is 3.03. The van der Waals surface area contributed by atoms with Crippen LogP contribution >= 0.6 is 0 Å². The van der Waals surface area contributed by atoms with Crippen molar-refractivity contribution in [3.05, 3.63) is 47.6 Å². The van der Waals surface area contributed by atoms with E-state index in [4.69, 9.17) is 0 Å². The Morgan fingerprint density at radius 3 is 2.38 bits per heavy atom. The van der Waals surface area contributed by atoms with E-state index in [1.165, 1.54) is 16.1 Å². The first-order valence-corrected chi connectivity index (χ1v) is 4.28. The second kappa shape index (κ2) is 3.94. The first kappa shape index (κ1) is 9.59. The Hall–Kier alpha value is -1.50. The van der Waals surface area contributed by atoms with Gasteiger partial charge in [-0.05, 0) is 18.6 Å². The molecular weight excluding hydrogens is 158 g/mol. The van der Waals surface area contributed by atoms with Crippen molar-refractivity contribution in [1.29, 1.82) is 0 Å². The van der Waals surface area contributed by atoms with Crippen LogP contribution in [0.2, 0.25) is 0 Å². The first-order chi connectivity index (χ1) is 6.20. The molecule has 1 aromatic heterocycles. The van der Waals surface area contributed by atoms with Crippen LogP contribution in [0.25, 0.3) is 12.2 Å². The Labute approximate surface area is 79.0 Å². The van der Waals surface area contributed by atoms with Gasteiger partial charge in [-0.2, -0.15) is 0 Å². The third-order valence-corrected chi connectivity index (χ3v) is 2.03. The van der Waals surface area contributed by atoms with E-state index < -0.39 is 0 Å². The van der Waals surface area contributed by atoms with Crippen molar-refractivity contribution in [3.8, 4) is 0 Å². The topological polar surface area (TPSA) is 4.93 Å². The molecule has 0 spiro atoms. The van der Waals surface area contributed by atoms with Gasteiger partial charge in [0.2, 0.25) is 0 Å². The van der Waals surface area contributed by atoms with Gasteiger partial charge in [-0.25, -0.2) is 0 Å². The van der Waals surface area contributed by atoms with Crippen LogP contribution in [0, 0.1) is 6.92 Å². The molecule has 0 N–H and O–H groups in total. The largest absolute Gasteiger partial charge is 0.350 e. The SMILES string of the molecule is C=C/C=c1/c(C)cn(C)/c1=C/C=C. The van der Waals surface area contributed by atoms with Gasteiger partial charge in [-0.15, -0.1) is 0 Å². The molecular formula is C12H15N. The fraction of sp³-hybridized carbons (Fsp3) is 0.167. The zero-order chi connectivity index (χ0) is 9.84. The molecule has 0 aliphatic carbocycles. The summed E-state index contributed by atoms with van der Waals surface area (Å²) in [6, 6.07) is 0. The van der Waals surface area contributed by atoms with Gasteiger partial charge in [0.05, 0.1) is 0 Å². The van der Waals surface area contributed by atoms with E-state index in [0.717, 1.165) is 0 Å². The highest BCUT2D eigenvalue weighted by molar-refractivity contribution is 5.43. The van der Waals surface area contributed by atoms with Crippen molar-refractivity contribution in [2.75, 3.05) is 0 Å². The number of hydrogen-bond acceptors (Lipinski definition) is 0. The van der Waals surface area contributed by atoms with Crippen LogP contribution in [0.3, 0.4) is 0 Å². The lowest BCUT2D eigenvalue weighted by atomic mass is 10.2. The zero-order valence-electron chi connectivity index (χ0n) is 8.25. The Balaban J connectivity index is 3.66. The van der Waals surface area contributed by atoms with Crippen LogP contribution in [-0.4, -0.2) is 4.57 Å². The number of aryl methyl sites for hydroxylation is 2. The minimum absolute atomic E-state index is 1.17. The standard InChI is InChI=1S/C12H15N/c1-5-7-11-10(3)9-13(4)12(11)8-6-2/h5-9H,1-2H2,3-4H3/b11-7-,12-8+. The minimum atomic E-state index is 1.17. The molecule has 0 unspecified atom stereocenters. The highest BCUT2D eigenvalue weighted by atomic mass is 14.9. The Bertz CT molecular complexity index is 392. The molecule has 0 radical (unpaired) electrons. The fourth-order valence-corrected chi connectivity index (χ4v) is 1.48. The lowest BCUT2D eigenvalue weighted by molar-refractivity contribution is 0.887. The zero-order valence-corrected chi connectivity index (χ0v) is 8.25. The summed E-state index contributed by atoms with van der Waals surface area (Å²) in [5.41, 5.74) is 1.26. The maximum atomic E-state index is 3.70. The van der Waals surface area contributed by atoms with Crippen LogP contribution in [0.5, 0.6) is 0 Å². The summed E-state index contributed by atoms with van der Waals surface area (Å²) in [6.07, 6.45) is 9.73. The molecule has 0 aliphatic heterocycles. The average molecular weight is 173 g/mol. The highest BCUT2D eigenvalue weighted by Gasteiger charge is 1.94. The molecule has 0 bridgehead atoms. The fourth-order valence-electron chi connectivity index (χ4n) is 1.48. The number of rotatable bonds is 2. The number of nitrogens with zero attached hydrogens (tertiary/aromatic N) is 1. The predicted molar refractivity (Wildman–Crippen MR) is 58.7 cm³/mol. The smallest absolute Gasteiger partial charge is 0.0480 e. The van der Waals surface area contributed by atoms with Gasteiger partial charge in [-0.1, -0.05) is 31.4 Å². The second-order valence-corrected chi connectivity index (χ2v) is 3.03. The molecule has 0 saturated carbocycles. The van der Waals surface area contributed by atoms with E-state index in [9.17, 15) is 0 Å². The maximum absolute atomic E-state index is 3.70. The summed E-state index contributed by atoms with van der Waals surface area (Å²) < 4.78 is 2.09. The molecule has 0 fully saturated rings. The van der Waals surface area contributed by atoms with Crippen LogP contribution in [0.4, 0.5) is 0 Å². The normalized spacial score (nSPS) is 13.4. The summed E-state index contributed by atoms with van der Waals surface area (Å²) in [5.74, 6) is 0. The van der Waals surface area contributed by atoms with Gasteiger partial charge in [0.1, 0.15) is 0 Å². The van der Waals surface area contributed by atoms with Gasteiger partial charge in [0.15, 0.2) is 0 Å². The Kier molecular flexibility index (Phi) is 2.91. The summed E-state index contributed by atoms with van der Waals surface area (Å²) in [6.45, 7) is 9.50. The van der Waals surface area contributed by atoms with Crippen molar-refractivity contribution in [1.82, 2.24) is 4.57 Å². The lowest BCUT2D eigenvalue weighted by Gasteiger charge is -1.87. The van der Waals surface area contributed by atoms with Crippen LogP contribution in [-0.2, 0) is 7.05 Å². The van der Waals surface area contributed by atoms with E-state index in [2.05, 4.69) is 30.8 Å². The molecule has 0 aliphatic rings. The number of hydrogen-bond donors (Lipinski definition) is 0. The molecule has 1 rings (SSSR count). The van der Waals surface area contributed by atoms with Crippen molar-refractivity contribution in [2.24, 2.45) is 7.05 Å². The Morgan fingerprint density at radius 2 is 1.85 bits per heavy atom. The van der Waals surface area contributed by atoms with Crippen molar-refractivity contribution in [3.63, 3.8) is 0 Å². The van der Waals surface area contributed by atoms with Crippen molar-refractivity contribution < 1.29 is 0 Å². The lowest BCUT2D eigenvalue weighted by Crippen LogP contribution is -2.27. The van der Waals surface area contributed by atoms with Crippen LogP contribution in [0.1, 0.15) is 5.56 Å². The van der Waals surface area contributed by atoms with Gasteiger partial charge < -0.3 is 4.57 Å². The molecule has 0 aromatic carbocycles. The molecule has 1 heterocycles. The third-order valence-electron chi connectivity index (χ3n) is 2.03. The molecule has 1 aromatic rings. The summed E-state index contributed by atoms with van der Waals surface area (Å²) >= 11 is 0. The highest BCUT2D eigenvalue weighted by Crippen LogP contribution is 1.84. The molecule has 1 nitrogen and oxygen atoms in total. The molecule has 0 saturated heterocycles. The summed E-state index contributed by atoms with van der Waals surface area (Å²) in [7, 11) is 2.03. The van der Waals surface area contributed by atoms with Crippen LogP contribution in [0.15, 0.2) is 31.5 Å². The Morgan fingerprint density at radius 1 is 1.23 bits per heavy atom. The summed E-state index contributed by atoms with van der Waals surface area (Å²) in [4.78, 5) is 0. The van der Waals surface area contributed by atoms with E-state index in [-0.39, 0.29) is 0 Å². The van der Waals surface area contributed by atoms with Crippen molar-refractivity contribution >= 4 is 12.2 Å². The monoisotopic (exact) mass is 173 g/mol. The average Bonchev–Trinajstić information content (AvgIpc) is 2.33. The maximum Gasteiger partial charge on any atom is 0.0480 e. The number of allylic oxidation sites excluding steroid dienone is 2. The minimum Gasteiger partial charge on any atom is -0.350 e. The van der Waals surface area contributed by atoms with E-state index in [1.54, 1.807) is 6.08 Å². The van der Waals surface area contributed by atoms with Crippen LogP contribution < -0.4 is 10.6 Å². The molecule has 68 valence electrons. The molecule has 0 atom stereocenters. The van der Waals surface area contributed by atoms with E-state index in [0.29, 0.717) is 0 Å². The van der Waals surface area contributed by atoms with Gasteiger partial charge in [0.25, 0.3) is 0 Å². The quantitative estimate of drug-likeness (QED) is 0.634. The molecule has 13 heavy (non-hydrogen) atoms. The van der Waals surface area contributed by atoms with Gasteiger partial charge >= 0.3 is 0 Å². The first-order valence-electron chi connectivity index (χ1n) is 4.28. The van der Waals surface area contributed by atoms with Crippen molar-refractivity contribution in [2.45, 2.75) is 6.92 Å². The molecule has 1 heteroatoms. The number of aromatic nitrogens is 1. The van der Waals surface area contributed by atoms with Gasteiger partial charge in [0, 0.05) is 23.8 Å². The van der Waals surface area contributed by atoms with Gasteiger partial charge in [-0.3, -0.25) is 0 Å². The molecule has 0 amide bonds. The van der Waals surface area contributed by atoms with E-state index >= 15 is 0 Å².